The van der Waals surface area contributed by atoms with Crippen LogP contribution < -0.4 is 4.90 Å². The minimum atomic E-state index is -0.354. The number of anilines is 1. The number of benzene rings is 1. The van der Waals surface area contributed by atoms with E-state index in [0.29, 0.717) is 17.8 Å². The molecule has 0 aliphatic heterocycles. The normalized spacial score (nSPS) is 10.1. The highest BCUT2D eigenvalue weighted by molar-refractivity contribution is 5.94. The van der Waals surface area contributed by atoms with Crippen LogP contribution in [0.25, 0.3) is 0 Å². The smallest absolute Gasteiger partial charge is 0.159 e. The number of hydrogen-bond acceptors (Lipinski definition) is 2. The number of halogens is 1. The molecule has 0 aliphatic carbocycles. The second-order valence-corrected chi connectivity index (χ2v) is 3.96. The third-order valence-corrected chi connectivity index (χ3v) is 2.54. The lowest BCUT2D eigenvalue weighted by atomic mass is 10.1. The van der Waals surface area contributed by atoms with Crippen molar-refractivity contribution in [1.82, 2.24) is 0 Å². The van der Waals surface area contributed by atoms with Crippen LogP contribution in [0.4, 0.5) is 10.1 Å². The molecule has 0 N–H and O–H groups in total. The molecule has 0 heterocycles. The summed E-state index contributed by atoms with van der Waals surface area (Å²) in [5.74, 6) is -0.478. The zero-order valence-electron chi connectivity index (χ0n) is 10.4. The third-order valence-electron chi connectivity index (χ3n) is 2.54. The van der Waals surface area contributed by atoms with Crippen LogP contribution in [-0.4, -0.2) is 18.9 Å². The average Bonchev–Trinajstić information content (AvgIpc) is 2.28. The van der Waals surface area contributed by atoms with Crippen molar-refractivity contribution in [3.63, 3.8) is 0 Å². The van der Waals surface area contributed by atoms with Crippen molar-refractivity contribution in [3.8, 4) is 0 Å². The first-order valence-corrected chi connectivity index (χ1v) is 5.76. The molecule has 0 aliphatic rings. The Morgan fingerprint density at radius 1 is 1.53 bits per heavy atom. The Balaban J connectivity index is 3.03. The summed E-state index contributed by atoms with van der Waals surface area (Å²) in [7, 11) is 0. The van der Waals surface area contributed by atoms with Crippen molar-refractivity contribution in [2.24, 2.45) is 0 Å². The minimum Gasteiger partial charge on any atom is -0.365 e. The van der Waals surface area contributed by atoms with E-state index < -0.39 is 0 Å². The summed E-state index contributed by atoms with van der Waals surface area (Å²) in [5.41, 5.74) is 0.929. The van der Waals surface area contributed by atoms with Gasteiger partial charge in [0.25, 0.3) is 0 Å². The maximum absolute atomic E-state index is 13.9. The van der Waals surface area contributed by atoms with E-state index in [9.17, 15) is 9.18 Å². The molecular weight excluding hydrogens is 217 g/mol. The quantitative estimate of drug-likeness (QED) is 0.556. The first-order chi connectivity index (χ1) is 8.10. The van der Waals surface area contributed by atoms with Crippen LogP contribution in [-0.2, 0) is 0 Å². The lowest BCUT2D eigenvalue weighted by molar-refractivity contribution is 0.101. The van der Waals surface area contributed by atoms with Crippen LogP contribution in [0.3, 0.4) is 0 Å². The van der Waals surface area contributed by atoms with E-state index in [1.165, 1.54) is 13.0 Å². The summed E-state index contributed by atoms with van der Waals surface area (Å²) in [5, 5.41) is 0. The topological polar surface area (TPSA) is 20.3 Å². The number of rotatable bonds is 6. The second kappa shape index (κ2) is 6.18. The van der Waals surface area contributed by atoms with Gasteiger partial charge in [0.05, 0.1) is 5.69 Å². The van der Waals surface area contributed by atoms with Crippen LogP contribution in [0, 0.1) is 5.82 Å². The van der Waals surface area contributed by atoms with Gasteiger partial charge in [-0.3, -0.25) is 4.79 Å². The molecule has 1 rings (SSSR count). The minimum absolute atomic E-state index is 0.124. The fourth-order valence-corrected chi connectivity index (χ4v) is 1.72. The first-order valence-electron chi connectivity index (χ1n) is 5.76. The molecule has 3 heteroatoms. The highest BCUT2D eigenvalue weighted by Gasteiger charge is 2.11. The number of nitrogens with zero attached hydrogens (tertiary/aromatic N) is 1. The number of carbonyl (C=O) groups is 1. The van der Waals surface area contributed by atoms with Crippen LogP contribution in [0.1, 0.15) is 30.6 Å². The van der Waals surface area contributed by atoms with Gasteiger partial charge in [-0.15, -0.1) is 6.58 Å². The molecule has 1 aromatic rings. The Labute approximate surface area is 102 Å². The molecule has 0 aromatic heterocycles. The van der Waals surface area contributed by atoms with E-state index in [1.807, 2.05) is 11.8 Å². The van der Waals surface area contributed by atoms with Gasteiger partial charge in [-0.2, -0.15) is 0 Å². The fraction of sp³-hybridized carbons (Fsp3) is 0.357. The molecule has 0 bridgehead atoms. The fourth-order valence-electron chi connectivity index (χ4n) is 1.72. The highest BCUT2D eigenvalue weighted by atomic mass is 19.1. The maximum Gasteiger partial charge on any atom is 0.159 e. The van der Waals surface area contributed by atoms with Crippen LogP contribution >= 0.6 is 0 Å². The van der Waals surface area contributed by atoms with E-state index in [0.717, 1.165) is 13.0 Å². The summed E-state index contributed by atoms with van der Waals surface area (Å²) in [6.45, 7) is 8.51. The van der Waals surface area contributed by atoms with Gasteiger partial charge in [-0.25, -0.2) is 4.39 Å². The van der Waals surface area contributed by atoms with Gasteiger partial charge in [0.15, 0.2) is 5.78 Å². The molecule has 0 saturated heterocycles. The Kier molecular flexibility index (Phi) is 4.88. The van der Waals surface area contributed by atoms with Gasteiger partial charge >= 0.3 is 0 Å². The van der Waals surface area contributed by atoms with Crippen molar-refractivity contribution >= 4 is 11.5 Å². The van der Waals surface area contributed by atoms with Gasteiger partial charge in [-0.05, 0) is 31.5 Å². The Morgan fingerprint density at radius 2 is 2.24 bits per heavy atom. The summed E-state index contributed by atoms with van der Waals surface area (Å²) < 4.78 is 13.9. The first kappa shape index (κ1) is 13.4. The molecule has 92 valence electrons. The van der Waals surface area contributed by atoms with Crippen molar-refractivity contribution in [3.05, 3.63) is 42.2 Å². The molecule has 0 saturated carbocycles. The van der Waals surface area contributed by atoms with Gasteiger partial charge in [0.2, 0.25) is 0 Å². The lowest BCUT2D eigenvalue weighted by Gasteiger charge is -2.23. The highest BCUT2D eigenvalue weighted by Crippen LogP contribution is 2.21. The molecule has 0 amide bonds. The van der Waals surface area contributed by atoms with E-state index in [2.05, 4.69) is 6.58 Å². The molecule has 1 aromatic carbocycles. The van der Waals surface area contributed by atoms with Crippen LogP contribution in [0.15, 0.2) is 30.9 Å². The van der Waals surface area contributed by atoms with Gasteiger partial charge in [0.1, 0.15) is 5.82 Å². The maximum atomic E-state index is 13.9. The number of carbonyl (C=O) groups excluding carboxylic acids is 1. The van der Waals surface area contributed by atoms with Gasteiger partial charge in [-0.1, -0.05) is 13.0 Å². The standard InChI is InChI=1S/C14H18FNO/c1-4-8-16(9-5-2)14-7-6-12(11(3)17)10-13(14)15/h4,6-7,10H,1,5,8-9H2,2-3H3. The molecule has 0 radical (unpaired) electrons. The predicted molar refractivity (Wildman–Crippen MR) is 69.1 cm³/mol. The number of Topliss-reactive ketones (excluding diaryl/α,β-unsaturated/α-hetero) is 1. The summed E-state index contributed by atoms with van der Waals surface area (Å²) in [4.78, 5) is 13.0. The molecule has 0 fully saturated rings. The zero-order valence-corrected chi connectivity index (χ0v) is 10.4. The second-order valence-electron chi connectivity index (χ2n) is 3.96. The van der Waals surface area contributed by atoms with E-state index in [4.69, 9.17) is 0 Å². The van der Waals surface area contributed by atoms with Crippen LogP contribution in [0.2, 0.25) is 0 Å². The summed E-state index contributed by atoms with van der Waals surface area (Å²) >= 11 is 0. The zero-order chi connectivity index (χ0) is 12.8. The Hall–Kier alpha value is -1.64. The van der Waals surface area contributed by atoms with E-state index in [-0.39, 0.29) is 11.6 Å². The Morgan fingerprint density at radius 3 is 2.71 bits per heavy atom. The number of ketones is 1. The van der Waals surface area contributed by atoms with Crippen molar-refractivity contribution in [2.75, 3.05) is 18.0 Å². The molecule has 0 unspecified atom stereocenters. The van der Waals surface area contributed by atoms with E-state index in [1.54, 1.807) is 18.2 Å². The molecule has 2 nitrogen and oxygen atoms in total. The molecule has 0 atom stereocenters. The molecule has 0 spiro atoms. The van der Waals surface area contributed by atoms with Gasteiger partial charge in [0, 0.05) is 18.7 Å². The van der Waals surface area contributed by atoms with Crippen molar-refractivity contribution in [2.45, 2.75) is 20.3 Å². The van der Waals surface area contributed by atoms with Crippen molar-refractivity contribution < 1.29 is 9.18 Å². The van der Waals surface area contributed by atoms with Crippen LogP contribution in [0.5, 0.6) is 0 Å². The largest absolute Gasteiger partial charge is 0.365 e. The summed E-state index contributed by atoms with van der Waals surface area (Å²) in [6, 6.07) is 4.61. The van der Waals surface area contributed by atoms with E-state index >= 15 is 0 Å². The monoisotopic (exact) mass is 235 g/mol. The Bertz CT molecular complexity index is 415. The summed E-state index contributed by atoms with van der Waals surface area (Å²) in [6.07, 6.45) is 2.68. The molecular formula is C14H18FNO. The molecule has 17 heavy (non-hydrogen) atoms. The lowest BCUT2D eigenvalue weighted by Crippen LogP contribution is -2.25. The average molecular weight is 235 g/mol. The number of hydrogen-bond donors (Lipinski definition) is 0. The third kappa shape index (κ3) is 3.41. The van der Waals surface area contributed by atoms with Gasteiger partial charge < -0.3 is 4.90 Å². The predicted octanol–water partition coefficient (Wildman–Crippen LogP) is 3.43. The SMILES string of the molecule is C=CCN(CCC)c1ccc(C(C)=O)cc1F. The van der Waals surface area contributed by atoms with Crippen molar-refractivity contribution in [1.29, 1.82) is 0 Å².